The number of rotatable bonds is 6. The van der Waals surface area contributed by atoms with E-state index in [0.717, 1.165) is 18.7 Å². The number of nitrogen functional groups attached to an aromatic ring is 1. The molecule has 86 valence electrons. The van der Waals surface area contributed by atoms with Gasteiger partial charge in [-0.15, -0.1) is 5.10 Å². The molecule has 4 nitrogen and oxygen atoms in total. The minimum atomic E-state index is 0.395. The number of nitrogens with zero attached hydrogens (tertiary/aromatic N) is 3. The minimum Gasteiger partial charge on any atom is -0.381 e. The maximum absolute atomic E-state index is 5.78. The van der Waals surface area contributed by atoms with Crippen LogP contribution in [0.25, 0.3) is 0 Å². The Kier molecular flexibility index (Phi) is 4.59. The molecule has 0 amide bonds. The zero-order chi connectivity index (χ0) is 11.3. The summed E-state index contributed by atoms with van der Waals surface area (Å²) >= 11 is 0. The molecule has 0 unspecified atom stereocenters. The Morgan fingerprint density at radius 2 is 2.00 bits per heavy atom. The Morgan fingerprint density at radius 1 is 1.27 bits per heavy atom. The molecule has 1 aromatic rings. The Bertz CT molecular complexity index is 291. The Morgan fingerprint density at radius 3 is 2.60 bits per heavy atom. The van der Waals surface area contributed by atoms with Gasteiger partial charge in [0.05, 0.1) is 5.69 Å². The predicted molar refractivity (Wildman–Crippen MR) is 62.7 cm³/mol. The molecule has 4 heteroatoms. The molecule has 0 aliphatic heterocycles. The minimum absolute atomic E-state index is 0.395. The van der Waals surface area contributed by atoms with Crippen LogP contribution in [0.1, 0.15) is 58.1 Å². The molecule has 0 saturated carbocycles. The molecule has 0 saturated heterocycles. The summed E-state index contributed by atoms with van der Waals surface area (Å²) in [6, 6.07) is 0. The number of aromatic nitrogens is 3. The summed E-state index contributed by atoms with van der Waals surface area (Å²) < 4.78 is 1.95. The highest BCUT2D eigenvalue weighted by atomic mass is 15.4. The van der Waals surface area contributed by atoms with Gasteiger partial charge in [-0.3, -0.25) is 0 Å². The lowest BCUT2D eigenvalue weighted by Crippen LogP contribution is -2.07. The molecule has 1 heterocycles. The second-order valence-electron chi connectivity index (χ2n) is 4.30. The van der Waals surface area contributed by atoms with E-state index in [4.69, 9.17) is 5.73 Å². The van der Waals surface area contributed by atoms with Crippen LogP contribution in [-0.4, -0.2) is 15.0 Å². The lowest BCUT2D eigenvalue weighted by Gasteiger charge is -2.09. The van der Waals surface area contributed by atoms with Crippen LogP contribution in [0.4, 0.5) is 5.82 Å². The molecule has 15 heavy (non-hydrogen) atoms. The highest BCUT2D eigenvalue weighted by Crippen LogP contribution is 2.19. The van der Waals surface area contributed by atoms with Crippen LogP contribution in [0.2, 0.25) is 0 Å². The summed E-state index contributed by atoms with van der Waals surface area (Å²) in [5.41, 5.74) is 6.85. The van der Waals surface area contributed by atoms with Gasteiger partial charge in [0, 0.05) is 6.54 Å². The zero-order valence-electron chi connectivity index (χ0n) is 10.0. The van der Waals surface area contributed by atoms with Crippen molar-refractivity contribution in [2.75, 3.05) is 5.73 Å². The van der Waals surface area contributed by atoms with Crippen LogP contribution in [0, 0.1) is 0 Å². The molecule has 0 spiro atoms. The van der Waals surface area contributed by atoms with Crippen molar-refractivity contribution in [3.8, 4) is 0 Å². The first-order chi connectivity index (χ1) is 7.16. The average molecular weight is 210 g/mol. The van der Waals surface area contributed by atoms with Crippen LogP contribution >= 0.6 is 0 Å². The number of anilines is 1. The van der Waals surface area contributed by atoms with Gasteiger partial charge in [0.2, 0.25) is 0 Å². The molecular weight excluding hydrogens is 188 g/mol. The van der Waals surface area contributed by atoms with Crippen LogP contribution in [0.15, 0.2) is 0 Å². The van der Waals surface area contributed by atoms with E-state index < -0.39 is 0 Å². The normalized spacial score (nSPS) is 11.2. The number of hydrogen-bond acceptors (Lipinski definition) is 3. The number of unbranched alkanes of at least 4 members (excludes halogenated alkanes) is 3. The van der Waals surface area contributed by atoms with Crippen LogP contribution in [0.5, 0.6) is 0 Å². The molecule has 1 aromatic heterocycles. The van der Waals surface area contributed by atoms with E-state index in [9.17, 15) is 0 Å². The predicted octanol–water partition coefficient (Wildman–Crippen LogP) is 2.56. The van der Waals surface area contributed by atoms with E-state index in [-0.39, 0.29) is 0 Å². The Balaban J connectivity index is 2.53. The highest BCUT2D eigenvalue weighted by molar-refractivity contribution is 5.34. The van der Waals surface area contributed by atoms with Crippen LogP contribution in [-0.2, 0) is 6.54 Å². The van der Waals surface area contributed by atoms with E-state index in [1.165, 1.54) is 19.3 Å². The third-order valence-electron chi connectivity index (χ3n) is 2.57. The molecule has 0 aliphatic rings. The van der Waals surface area contributed by atoms with Gasteiger partial charge in [0.15, 0.2) is 5.82 Å². The maximum atomic E-state index is 5.78. The lowest BCUT2D eigenvalue weighted by atomic mass is 10.1. The molecule has 0 aromatic carbocycles. The smallest absolute Gasteiger partial charge is 0.169 e. The fourth-order valence-corrected chi connectivity index (χ4v) is 1.78. The summed E-state index contributed by atoms with van der Waals surface area (Å²) in [4.78, 5) is 0. The molecular formula is C11H22N4. The van der Waals surface area contributed by atoms with Gasteiger partial charge in [-0.25, -0.2) is 4.68 Å². The molecule has 0 fully saturated rings. The highest BCUT2D eigenvalue weighted by Gasteiger charge is 2.12. The van der Waals surface area contributed by atoms with Crippen molar-refractivity contribution in [2.24, 2.45) is 0 Å². The molecule has 0 bridgehead atoms. The number of aryl methyl sites for hydroxylation is 1. The van der Waals surface area contributed by atoms with Crippen molar-refractivity contribution in [1.82, 2.24) is 15.0 Å². The van der Waals surface area contributed by atoms with Gasteiger partial charge in [-0.05, 0) is 12.3 Å². The van der Waals surface area contributed by atoms with Gasteiger partial charge in [0.25, 0.3) is 0 Å². The van der Waals surface area contributed by atoms with Gasteiger partial charge >= 0.3 is 0 Å². The van der Waals surface area contributed by atoms with Gasteiger partial charge in [0.1, 0.15) is 0 Å². The third kappa shape index (κ3) is 3.22. The third-order valence-corrected chi connectivity index (χ3v) is 2.57. The largest absolute Gasteiger partial charge is 0.381 e. The lowest BCUT2D eigenvalue weighted by molar-refractivity contribution is 0.503. The molecule has 0 atom stereocenters. The Labute approximate surface area is 91.9 Å². The summed E-state index contributed by atoms with van der Waals surface area (Å²) in [6.45, 7) is 7.40. The summed E-state index contributed by atoms with van der Waals surface area (Å²) in [5, 5.41) is 8.00. The van der Waals surface area contributed by atoms with E-state index in [1.807, 2.05) is 4.68 Å². The first kappa shape index (κ1) is 12.0. The second kappa shape index (κ2) is 5.73. The first-order valence-corrected chi connectivity index (χ1v) is 5.85. The van der Waals surface area contributed by atoms with Crippen LogP contribution in [0.3, 0.4) is 0 Å². The first-order valence-electron chi connectivity index (χ1n) is 5.85. The monoisotopic (exact) mass is 210 g/mol. The quantitative estimate of drug-likeness (QED) is 0.734. The molecule has 0 aliphatic carbocycles. The summed E-state index contributed by atoms with van der Waals surface area (Å²) in [6.07, 6.45) is 4.97. The number of nitrogens with two attached hydrogens (primary N) is 1. The number of hydrogen-bond donors (Lipinski definition) is 1. The maximum Gasteiger partial charge on any atom is 0.169 e. The fourth-order valence-electron chi connectivity index (χ4n) is 1.78. The van der Waals surface area contributed by atoms with Crippen molar-refractivity contribution in [3.05, 3.63) is 5.69 Å². The standard InChI is InChI=1S/C11H22N4/c1-4-5-6-7-8-15-10(9(2)3)11(12)13-14-15/h9H,4-8,12H2,1-3H3. The molecule has 1 rings (SSSR count). The van der Waals surface area contributed by atoms with Gasteiger partial charge < -0.3 is 5.73 Å². The van der Waals surface area contributed by atoms with Crippen molar-refractivity contribution < 1.29 is 0 Å². The Hall–Kier alpha value is -1.06. The fraction of sp³-hybridized carbons (Fsp3) is 0.818. The van der Waals surface area contributed by atoms with Gasteiger partial charge in [-0.2, -0.15) is 0 Å². The summed E-state index contributed by atoms with van der Waals surface area (Å²) in [5.74, 6) is 0.978. The topological polar surface area (TPSA) is 56.7 Å². The van der Waals surface area contributed by atoms with E-state index in [0.29, 0.717) is 11.7 Å². The van der Waals surface area contributed by atoms with Crippen molar-refractivity contribution in [2.45, 2.75) is 58.9 Å². The second-order valence-corrected chi connectivity index (χ2v) is 4.30. The SMILES string of the molecule is CCCCCCn1nnc(N)c1C(C)C. The van der Waals surface area contributed by atoms with E-state index in [2.05, 4.69) is 31.1 Å². The van der Waals surface area contributed by atoms with E-state index in [1.54, 1.807) is 0 Å². The molecule has 2 N–H and O–H groups in total. The molecule has 0 radical (unpaired) electrons. The van der Waals surface area contributed by atoms with Crippen molar-refractivity contribution >= 4 is 5.82 Å². The van der Waals surface area contributed by atoms with Gasteiger partial charge in [-0.1, -0.05) is 45.2 Å². The van der Waals surface area contributed by atoms with Crippen molar-refractivity contribution in [3.63, 3.8) is 0 Å². The van der Waals surface area contributed by atoms with Crippen molar-refractivity contribution in [1.29, 1.82) is 0 Å². The van der Waals surface area contributed by atoms with E-state index >= 15 is 0 Å². The average Bonchev–Trinajstić information content (AvgIpc) is 2.54. The zero-order valence-corrected chi connectivity index (χ0v) is 10.0. The summed E-state index contributed by atoms with van der Waals surface area (Å²) in [7, 11) is 0. The van der Waals surface area contributed by atoms with Crippen LogP contribution < -0.4 is 5.73 Å².